The lowest BCUT2D eigenvalue weighted by Gasteiger charge is -2.36. The summed E-state index contributed by atoms with van der Waals surface area (Å²) in [5.41, 5.74) is 0.837. The highest BCUT2D eigenvalue weighted by atomic mass is 32.2. The molecule has 0 aliphatic carbocycles. The van der Waals surface area contributed by atoms with E-state index in [1.807, 2.05) is 41.8 Å². The van der Waals surface area contributed by atoms with Crippen LogP contribution in [0, 0.1) is 0 Å². The quantitative estimate of drug-likeness (QED) is 0.792. The molecule has 4 rings (SSSR count). The number of carbonyl (C=O) groups excluding carboxylic acids is 1. The van der Waals surface area contributed by atoms with Gasteiger partial charge in [0.25, 0.3) is 0 Å². The Bertz CT molecular complexity index is 828. The highest BCUT2D eigenvalue weighted by Crippen LogP contribution is 2.21. The smallest absolute Gasteiger partial charge is 0.321 e. The maximum absolute atomic E-state index is 12.6. The summed E-state index contributed by atoms with van der Waals surface area (Å²) < 4.78 is 0. The SMILES string of the molecule is CC[C@@H]1CN2C=NC(N3CCN(C(=O)Nc4cccc(SC)c4)CC3)=CC2=N1. The van der Waals surface area contributed by atoms with Crippen molar-refractivity contribution >= 4 is 35.7 Å². The van der Waals surface area contributed by atoms with Gasteiger partial charge in [0.2, 0.25) is 0 Å². The number of thioether (sulfide) groups is 1. The van der Waals surface area contributed by atoms with Crippen molar-refractivity contribution in [1.29, 1.82) is 0 Å². The second-order valence-electron chi connectivity index (χ2n) is 7.09. The Labute approximate surface area is 170 Å². The van der Waals surface area contributed by atoms with Crippen molar-refractivity contribution in [2.24, 2.45) is 9.98 Å². The average Bonchev–Trinajstić information content (AvgIpc) is 3.16. The van der Waals surface area contributed by atoms with E-state index < -0.39 is 0 Å². The molecule has 7 nitrogen and oxygen atoms in total. The lowest BCUT2D eigenvalue weighted by atomic mass is 10.2. The largest absolute Gasteiger partial charge is 0.353 e. The molecule has 8 heteroatoms. The minimum atomic E-state index is -0.0452. The molecule has 3 aliphatic rings. The first-order chi connectivity index (χ1) is 13.7. The fraction of sp³-hybridized carbons (Fsp3) is 0.450. The van der Waals surface area contributed by atoms with Crippen molar-refractivity contribution in [2.75, 3.05) is 44.3 Å². The maximum Gasteiger partial charge on any atom is 0.321 e. The van der Waals surface area contributed by atoms with Crippen LogP contribution in [0.2, 0.25) is 0 Å². The van der Waals surface area contributed by atoms with E-state index >= 15 is 0 Å². The molecule has 1 atom stereocenters. The molecule has 28 heavy (non-hydrogen) atoms. The van der Waals surface area contributed by atoms with Crippen LogP contribution in [0.15, 0.2) is 51.0 Å². The second kappa shape index (κ2) is 8.26. The van der Waals surface area contributed by atoms with E-state index in [4.69, 9.17) is 4.99 Å². The number of urea groups is 1. The van der Waals surface area contributed by atoms with E-state index in [2.05, 4.69) is 33.1 Å². The van der Waals surface area contributed by atoms with E-state index in [1.54, 1.807) is 11.8 Å². The van der Waals surface area contributed by atoms with E-state index in [0.717, 1.165) is 48.3 Å². The molecule has 1 fully saturated rings. The van der Waals surface area contributed by atoms with Crippen LogP contribution in [0.5, 0.6) is 0 Å². The minimum Gasteiger partial charge on any atom is -0.353 e. The van der Waals surface area contributed by atoms with E-state index in [9.17, 15) is 4.79 Å². The van der Waals surface area contributed by atoms with Crippen molar-refractivity contribution in [1.82, 2.24) is 14.7 Å². The molecule has 0 unspecified atom stereocenters. The first kappa shape index (κ1) is 18.9. The number of carbonyl (C=O) groups is 1. The second-order valence-corrected chi connectivity index (χ2v) is 7.96. The van der Waals surface area contributed by atoms with Gasteiger partial charge in [-0.05, 0) is 30.9 Å². The molecule has 1 aromatic carbocycles. The standard InChI is InChI=1S/C20H26N6OS/c1-3-15-13-26-14-21-18(12-19(26)22-15)24-7-9-25(10-8-24)20(27)23-16-5-4-6-17(11-16)28-2/h4-6,11-12,14-15H,3,7-10,13H2,1-2H3,(H,23,27)/t15-/m1/s1. The van der Waals surface area contributed by atoms with Gasteiger partial charge in [-0.1, -0.05) is 13.0 Å². The lowest BCUT2D eigenvalue weighted by molar-refractivity contribution is 0.167. The third-order valence-electron chi connectivity index (χ3n) is 5.29. The molecule has 3 aliphatic heterocycles. The van der Waals surface area contributed by atoms with Gasteiger partial charge in [-0.15, -0.1) is 11.8 Å². The molecule has 0 bridgehead atoms. The van der Waals surface area contributed by atoms with Crippen molar-refractivity contribution in [3.63, 3.8) is 0 Å². The molecule has 0 saturated carbocycles. The number of piperazine rings is 1. The average molecular weight is 399 g/mol. The lowest BCUT2D eigenvalue weighted by Crippen LogP contribution is -2.49. The van der Waals surface area contributed by atoms with Gasteiger partial charge in [0.1, 0.15) is 11.7 Å². The summed E-state index contributed by atoms with van der Waals surface area (Å²) in [6.45, 7) is 5.97. The molecule has 148 valence electrons. The summed E-state index contributed by atoms with van der Waals surface area (Å²) in [6, 6.07) is 8.24. The number of hydrogen-bond donors (Lipinski definition) is 1. The minimum absolute atomic E-state index is 0.0452. The monoisotopic (exact) mass is 398 g/mol. The Hall–Kier alpha value is -2.48. The van der Waals surface area contributed by atoms with Crippen LogP contribution in [0.25, 0.3) is 0 Å². The van der Waals surface area contributed by atoms with Gasteiger partial charge in [0, 0.05) is 49.4 Å². The first-order valence-corrected chi connectivity index (χ1v) is 10.9. The van der Waals surface area contributed by atoms with E-state index in [1.165, 1.54) is 0 Å². The topological polar surface area (TPSA) is 63.5 Å². The summed E-state index contributed by atoms with van der Waals surface area (Å²) in [6.07, 6.45) is 7.03. The molecular formula is C20H26N6OS. The number of amidine groups is 1. The number of nitrogens with zero attached hydrogens (tertiary/aromatic N) is 5. The first-order valence-electron chi connectivity index (χ1n) is 9.71. The number of fused-ring (bicyclic) bond motifs is 1. The van der Waals surface area contributed by atoms with Gasteiger partial charge >= 0.3 is 6.03 Å². The molecule has 1 N–H and O–H groups in total. The zero-order valence-electron chi connectivity index (χ0n) is 16.3. The number of nitrogens with one attached hydrogen (secondary N) is 1. The Morgan fingerprint density at radius 2 is 2.11 bits per heavy atom. The van der Waals surface area contributed by atoms with Crippen LogP contribution in [0.4, 0.5) is 10.5 Å². The van der Waals surface area contributed by atoms with Gasteiger partial charge in [-0.3, -0.25) is 4.99 Å². The maximum atomic E-state index is 12.6. The van der Waals surface area contributed by atoms with Crippen LogP contribution < -0.4 is 5.32 Å². The van der Waals surface area contributed by atoms with Gasteiger partial charge in [-0.2, -0.15) is 0 Å². The Morgan fingerprint density at radius 3 is 2.86 bits per heavy atom. The molecule has 2 amide bonds. The Morgan fingerprint density at radius 1 is 1.29 bits per heavy atom. The third-order valence-corrected chi connectivity index (χ3v) is 6.01. The predicted octanol–water partition coefficient (Wildman–Crippen LogP) is 2.93. The van der Waals surface area contributed by atoms with Gasteiger partial charge in [0.05, 0.1) is 12.4 Å². The fourth-order valence-corrected chi connectivity index (χ4v) is 4.03. The van der Waals surface area contributed by atoms with Gasteiger partial charge in [-0.25, -0.2) is 9.79 Å². The van der Waals surface area contributed by atoms with Crippen molar-refractivity contribution in [3.05, 3.63) is 36.2 Å². The van der Waals surface area contributed by atoms with Crippen molar-refractivity contribution in [3.8, 4) is 0 Å². The van der Waals surface area contributed by atoms with Crippen molar-refractivity contribution < 1.29 is 4.79 Å². The van der Waals surface area contributed by atoms with E-state index in [-0.39, 0.29) is 6.03 Å². The molecule has 0 spiro atoms. The van der Waals surface area contributed by atoms with Crippen LogP contribution >= 0.6 is 11.8 Å². The number of rotatable bonds is 4. The third kappa shape index (κ3) is 4.01. The summed E-state index contributed by atoms with van der Waals surface area (Å²) >= 11 is 1.67. The Balaban J connectivity index is 1.33. The highest BCUT2D eigenvalue weighted by Gasteiger charge is 2.27. The van der Waals surface area contributed by atoms with Crippen LogP contribution in [0.3, 0.4) is 0 Å². The molecular weight excluding hydrogens is 372 g/mol. The highest BCUT2D eigenvalue weighted by molar-refractivity contribution is 7.98. The van der Waals surface area contributed by atoms with Gasteiger partial charge in [0.15, 0.2) is 0 Å². The number of aliphatic imine (C=N–C) groups is 2. The number of hydrogen-bond acceptors (Lipinski definition) is 6. The molecule has 0 radical (unpaired) electrons. The molecule has 0 aromatic heterocycles. The summed E-state index contributed by atoms with van der Waals surface area (Å²) in [4.78, 5) is 29.3. The number of benzene rings is 1. The van der Waals surface area contributed by atoms with Gasteiger partial charge < -0.3 is 20.0 Å². The fourth-order valence-electron chi connectivity index (χ4n) is 3.57. The number of anilines is 1. The summed E-state index contributed by atoms with van der Waals surface area (Å²) in [7, 11) is 0. The number of amides is 2. The predicted molar refractivity (Wildman–Crippen MR) is 115 cm³/mol. The van der Waals surface area contributed by atoms with Crippen LogP contribution in [0.1, 0.15) is 13.3 Å². The summed E-state index contributed by atoms with van der Waals surface area (Å²) in [5.74, 6) is 1.95. The summed E-state index contributed by atoms with van der Waals surface area (Å²) in [5, 5.41) is 3.01. The zero-order valence-corrected chi connectivity index (χ0v) is 17.2. The van der Waals surface area contributed by atoms with Crippen LogP contribution in [-0.4, -0.2) is 77.9 Å². The van der Waals surface area contributed by atoms with Crippen LogP contribution in [-0.2, 0) is 0 Å². The Kier molecular flexibility index (Phi) is 5.57. The molecule has 1 saturated heterocycles. The molecule has 3 heterocycles. The van der Waals surface area contributed by atoms with Crippen molar-refractivity contribution in [2.45, 2.75) is 24.3 Å². The normalized spacial score (nSPS) is 21.4. The zero-order chi connectivity index (χ0) is 19.5. The molecule has 1 aromatic rings. The van der Waals surface area contributed by atoms with E-state index in [0.29, 0.717) is 19.1 Å².